The van der Waals surface area contributed by atoms with E-state index in [1.807, 2.05) is 13.8 Å². The molecule has 1 aliphatic rings. The normalized spacial score (nSPS) is 18.9. The fourth-order valence-electron chi connectivity index (χ4n) is 2.40. The minimum atomic E-state index is -0.892. The van der Waals surface area contributed by atoms with Crippen molar-refractivity contribution < 1.29 is 14.7 Å². The van der Waals surface area contributed by atoms with Crippen molar-refractivity contribution in [2.45, 2.75) is 38.5 Å². The molecule has 0 bridgehead atoms. The molecule has 0 heterocycles. The van der Waals surface area contributed by atoms with Gasteiger partial charge in [-0.3, -0.25) is 9.59 Å². The van der Waals surface area contributed by atoms with Gasteiger partial charge in [0.1, 0.15) is 0 Å². The first-order chi connectivity index (χ1) is 8.41. The second kappa shape index (κ2) is 4.73. The van der Waals surface area contributed by atoms with Crippen LogP contribution in [0.1, 0.15) is 60.0 Å². The van der Waals surface area contributed by atoms with Gasteiger partial charge in [-0.15, -0.1) is 0 Å². The summed E-state index contributed by atoms with van der Waals surface area (Å²) < 4.78 is 0. The maximum absolute atomic E-state index is 11.9. The average Bonchev–Trinajstić information content (AvgIpc) is 2.27. The third kappa shape index (κ3) is 2.15. The van der Waals surface area contributed by atoms with Crippen molar-refractivity contribution in [3.05, 3.63) is 33.8 Å². The minimum absolute atomic E-state index is 0.0149. The molecule has 1 atom stereocenters. The van der Waals surface area contributed by atoms with Gasteiger partial charge >= 0.3 is 5.97 Å². The molecule has 2 rings (SSSR count). The van der Waals surface area contributed by atoms with E-state index in [1.54, 1.807) is 12.1 Å². The molecule has 1 unspecified atom stereocenters. The second-order valence-electron chi connectivity index (χ2n) is 4.97. The number of fused-ring (bicyclic) bond motifs is 1. The van der Waals surface area contributed by atoms with E-state index in [0.717, 1.165) is 5.56 Å². The third-order valence-corrected chi connectivity index (χ3v) is 3.75. The van der Waals surface area contributed by atoms with Crippen LogP contribution in [-0.2, 0) is 4.79 Å². The number of carbonyl (C=O) groups is 2. The first kappa shape index (κ1) is 13.1. The molecular formula is C14H15ClO3. The zero-order valence-corrected chi connectivity index (χ0v) is 11.1. The molecule has 0 aromatic heterocycles. The van der Waals surface area contributed by atoms with Gasteiger partial charge in [0.2, 0.25) is 0 Å². The average molecular weight is 267 g/mol. The first-order valence-corrected chi connectivity index (χ1v) is 6.39. The van der Waals surface area contributed by atoms with E-state index >= 15 is 0 Å². The van der Waals surface area contributed by atoms with E-state index in [-0.39, 0.29) is 11.7 Å². The number of carboxylic acid groups (broad SMARTS) is 1. The molecule has 0 spiro atoms. The molecule has 1 aliphatic carbocycles. The van der Waals surface area contributed by atoms with Gasteiger partial charge < -0.3 is 5.11 Å². The molecule has 0 amide bonds. The Morgan fingerprint density at radius 3 is 2.67 bits per heavy atom. The highest BCUT2D eigenvalue weighted by atomic mass is 35.5. The molecule has 1 aromatic carbocycles. The van der Waals surface area contributed by atoms with Gasteiger partial charge in [-0.05, 0) is 35.6 Å². The molecule has 1 aromatic rings. The first-order valence-electron chi connectivity index (χ1n) is 6.01. The summed E-state index contributed by atoms with van der Waals surface area (Å²) in [5.74, 6) is -1.28. The Kier molecular flexibility index (Phi) is 3.44. The predicted octanol–water partition coefficient (Wildman–Crippen LogP) is 3.61. The van der Waals surface area contributed by atoms with Gasteiger partial charge in [-0.1, -0.05) is 25.4 Å². The minimum Gasteiger partial charge on any atom is -0.481 e. The summed E-state index contributed by atoms with van der Waals surface area (Å²) in [4.78, 5) is 23.1. The maximum atomic E-state index is 11.9. The van der Waals surface area contributed by atoms with Crippen LogP contribution >= 0.6 is 11.6 Å². The second-order valence-corrected chi connectivity index (χ2v) is 5.38. The van der Waals surface area contributed by atoms with Crippen LogP contribution in [0.15, 0.2) is 12.1 Å². The number of carboxylic acids is 1. The monoisotopic (exact) mass is 266 g/mol. The van der Waals surface area contributed by atoms with E-state index in [4.69, 9.17) is 11.6 Å². The van der Waals surface area contributed by atoms with Crippen LogP contribution in [0.4, 0.5) is 0 Å². The van der Waals surface area contributed by atoms with Gasteiger partial charge in [0.05, 0.1) is 5.92 Å². The van der Waals surface area contributed by atoms with Crippen molar-refractivity contribution in [3.63, 3.8) is 0 Å². The number of rotatable bonds is 2. The lowest BCUT2D eigenvalue weighted by atomic mass is 9.80. The van der Waals surface area contributed by atoms with Crippen LogP contribution in [0.3, 0.4) is 0 Å². The fraction of sp³-hybridized carbons (Fsp3) is 0.429. The van der Waals surface area contributed by atoms with Crippen molar-refractivity contribution >= 4 is 23.4 Å². The highest BCUT2D eigenvalue weighted by Crippen LogP contribution is 2.37. The standard InChI is InChI=1S/C14H15ClO3/c1-7(2)9-5-11-10(6-12(9)15)8(14(17)18)3-4-13(11)16/h5-8H,3-4H2,1-2H3,(H,17,18). The zero-order chi connectivity index (χ0) is 13.4. The van der Waals surface area contributed by atoms with E-state index in [0.29, 0.717) is 29.0 Å². The molecule has 18 heavy (non-hydrogen) atoms. The van der Waals surface area contributed by atoms with Crippen LogP contribution in [0.5, 0.6) is 0 Å². The fourth-order valence-corrected chi connectivity index (χ4v) is 2.79. The van der Waals surface area contributed by atoms with Crippen molar-refractivity contribution in [2.24, 2.45) is 0 Å². The number of Topliss-reactive ketones (excluding diaryl/α,β-unsaturated/α-hetero) is 1. The number of carbonyl (C=O) groups excluding carboxylic acids is 1. The molecule has 0 saturated heterocycles. The summed E-state index contributed by atoms with van der Waals surface area (Å²) in [5, 5.41) is 9.73. The lowest BCUT2D eigenvalue weighted by Crippen LogP contribution is -2.22. The SMILES string of the molecule is CC(C)c1cc2c(cc1Cl)C(C(=O)O)CCC2=O. The lowest BCUT2D eigenvalue weighted by molar-refractivity contribution is -0.139. The molecule has 0 saturated carbocycles. The van der Waals surface area contributed by atoms with Gasteiger partial charge in [0.25, 0.3) is 0 Å². The Labute approximate surface area is 111 Å². The number of hydrogen-bond donors (Lipinski definition) is 1. The molecule has 0 radical (unpaired) electrons. The summed E-state index contributed by atoms with van der Waals surface area (Å²) in [6.07, 6.45) is 0.654. The molecule has 1 N–H and O–H groups in total. The van der Waals surface area contributed by atoms with Crippen LogP contribution in [0.2, 0.25) is 5.02 Å². The number of ketones is 1. The number of benzene rings is 1. The number of hydrogen-bond acceptors (Lipinski definition) is 2. The van der Waals surface area contributed by atoms with Crippen molar-refractivity contribution in [1.82, 2.24) is 0 Å². The van der Waals surface area contributed by atoms with Crippen LogP contribution in [0, 0.1) is 0 Å². The Balaban J connectivity index is 2.61. The van der Waals surface area contributed by atoms with E-state index in [2.05, 4.69) is 0 Å². The highest BCUT2D eigenvalue weighted by molar-refractivity contribution is 6.31. The number of aliphatic carboxylic acids is 1. The van der Waals surface area contributed by atoms with Crippen molar-refractivity contribution in [2.75, 3.05) is 0 Å². The Morgan fingerprint density at radius 2 is 2.11 bits per heavy atom. The summed E-state index contributed by atoms with van der Waals surface area (Å²) in [7, 11) is 0. The molecular weight excluding hydrogens is 252 g/mol. The summed E-state index contributed by atoms with van der Waals surface area (Å²) in [6, 6.07) is 3.42. The largest absolute Gasteiger partial charge is 0.481 e. The number of halogens is 1. The molecule has 96 valence electrons. The Morgan fingerprint density at radius 1 is 1.44 bits per heavy atom. The Hall–Kier alpha value is -1.35. The summed E-state index contributed by atoms with van der Waals surface area (Å²) >= 11 is 6.17. The van der Waals surface area contributed by atoms with Gasteiger partial charge in [-0.2, -0.15) is 0 Å². The van der Waals surface area contributed by atoms with Crippen LogP contribution < -0.4 is 0 Å². The van der Waals surface area contributed by atoms with E-state index < -0.39 is 11.9 Å². The molecule has 4 heteroatoms. The lowest BCUT2D eigenvalue weighted by Gasteiger charge is -2.23. The van der Waals surface area contributed by atoms with Crippen molar-refractivity contribution in [1.29, 1.82) is 0 Å². The van der Waals surface area contributed by atoms with Crippen molar-refractivity contribution in [3.8, 4) is 0 Å². The molecule has 3 nitrogen and oxygen atoms in total. The maximum Gasteiger partial charge on any atom is 0.311 e. The molecule has 0 aliphatic heterocycles. The summed E-state index contributed by atoms with van der Waals surface area (Å²) in [6.45, 7) is 3.99. The zero-order valence-electron chi connectivity index (χ0n) is 10.4. The van der Waals surface area contributed by atoms with Gasteiger partial charge in [-0.25, -0.2) is 0 Å². The van der Waals surface area contributed by atoms with E-state index in [9.17, 15) is 14.7 Å². The Bertz CT molecular complexity index is 520. The van der Waals surface area contributed by atoms with Crippen LogP contribution in [0.25, 0.3) is 0 Å². The third-order valence-electron chi connectivity index (χ3n) is 3.42. The van der Waals surface area contributed by atoms with Gasteiger partial charge in [0.15, 0.2) is 5.78 Å². The summed E-state index contributed by atoms with van der Waals surface area (Å²) in [5.41, 5.74) is 1.99. The van der Waals surface area contributed by atoms with E-state index in [1.165, 1.54) is 0 Å². The van der Waals surface area contributed by atoms with Gasteiger partial charge in [0, 0.05) is 17.0 Å². The smallest absolute Gasteiger partial charge is 0.311 e. The van der Waals surface area contributed by atoms with Crippen LogP contribution in [-0.4, -0.2) is 16.9 Å². The quantitative estimate of drug-likeness (QED) is 0.890. The predicted molar refractivity (Wildman–Crippen MR) is 69.5 cm³/mol. The molecule has 0 fully saturated rings. The highest BCUT2D eigenvalue weighted by Gasteiger charge is 2.31. The topological polar surface area (TPSA) is 54.4 Å².